The SMILES string of the molecule is COc1ccc(Cn2ncc3c2NC(=O)CC(c2cccc(NC(=O)Nc4ccc(Cl)cc4)c2)=N3)cc1. The molecule has 3 N–H and O–H groups in total. The number of amides is 3. The van der Waals surface area contributed by atoms with E-state index in [1.807, 2.05) is 30.3 Å². The van der Waals surface area contributed by atoms with E-state index in [1.165, 1.54) is 0 Å². The van der Waals surface area contributed by atoms with Crippen molar-refractivity contribution in [2.24, 2.45) is 4.99 Å². The number of aliphatic imine (C=N–C) groups is 1. The van der Waals surface area contributed by atoms with Gasteiger partial charge in [0.05, 0.1) is 32.0 Å². The van der Waals surface area contributed by atoms with Crippen LogP contribution in [0.25, 0.3) is 0 Å². The van der Waals surface area contributed by atoms with Crippen LogP contribution in [0.5, 0.6) is 5.75 Å². The summed E-state index contributed by atoms with van der Waals surface area (Å²) < 4.78 is 6.92. The van der Waals surface area contributed by atoms with Crippen molar-refractivity contribution in [1.29, 1.82) is 0 Å². The quantitative estimate of drug-likeness (QED) is 0.306. The Morgan fingerprint density at radius 1 is 1.05 bits per heavy atom. The molecule has 0 fully saturated rings. The number of anilines is 3. The van der Waals surface area contributed by atoms with Crippen molar-refractivity contribution < 1.29 is 14.3 Å². The van der Waals surface area contributed by atoms with Gasteiger partial charge in [0, 0.05) is 16.4 Å². The first kappa shape index (κ1) is 24.1. The predicted molar refractivity (Wildman–Crippen MR) is 144 cm³/mol. The number of urea groups is 1. The molecule has 0 saturated carbocycles. The minimum atomic E-state index is -0.401. The van der Waals surface area contributed by atoms with Crippen LogP contribution < -0.4 is 20.7 Å². The lowest BCUT2D eigenvalue weighted by Crippen LogP contribution is -2.20. The van der Waals surface area contributed by atoms with Crippen LogP contribution in [0.1, 0.15) is 17.5 Å². The summed E-state index contributed by atoms with van der Waals surface area (Å²) in [6.45, 7) is 0.465. The molecule has 3 amide bonds. The zero-order chi connectivity index (χ0) is 25.8. The number of hydrogen-bond acceptors (Lipinski definition) is 5. The van der Waals surface area contributed by atoms with Crippen molar-refractivity contribution in [3.63, 3.8) is 0 Å². The van der Waals surface area contributed by atoms with Gasteiger partial charge in [0.1, 0.15) is 11.4 Å². The second kappa shape index (κ2) is 10.5. The normalized spacial score (nSPS) is 12.6. The van der Waals surface area contributed by atoms with E-state index >= 15 is 0 Å². The van der Waals surface area contributed by atoms with Gasteiger partial charge in [-0.2, -0.15) is 5.10 Å². The minimum absolute atomic E-state index is 0.0810. The number of fused-ring (bicyclic) bond motifs is 1. The van der Waals surface area contributed by atoms with E-state index < -0.39 is 6.03 Å². The summed E-state index contributed by atoms with van der Waals surface area (Å²) in [5.41, 5.74) is 4.03. The van der Waals surface area contributed by atoms with Gasteiger partial charge in [-0.15, -0.1) is 0 Å². The van der Waals surface area contributed by atoms with Crippen molar-refractivity contribution in [1.82, 2.24) is 9.78 Å². The van der Waals surface area contributed by atoms with Crippen LogP contribution in [-0.4, -0.2) is 34.5 Å². The molecule has 4 aromatic rings. The number of nitrogens with zero attached hydrogens (tertiary/aromatic N) is 3. The van der Waals surface area contributed by atoms with E-state index in [0.717, 1.165) is 16.9 Å². The van der Waals surface area contributed by atoms with Crippen LogP contribution in [0.3, 0.4) is 0 Å². The number of carbonyl (C=O) groups excluding carboxylic acids is 2. The molecule has 0 atom stereocenters. The van der Waals surface area contributed by atoms with Gasteiger partial charge in [-0.05, 0) is 59.7 Å². The molecule has 186 valence electrons. The van der Waals surface area contributed by atoms with Crippen molar-refractivity contribution in [2.45, 2.75) is 13.0 Å². The standard InChI is InChI=1S/C27H23ClN6O3/c1-37-22-11-5-17(6-12-22)16-34-26-24(15-29-34)32-23(14-25(35)33-26)18-3-2-4-21(13-18)31-27(36)30-20-9-7-19(28)8-10-20/h2-13,15H,14,16H2,1H3,(H,33,35)(H2,30,31,36). The van der Waals surface area contributed by atoms with Crippen LogP contribution in [-0.2, 0) is 11.3 Å². The maximum atomic E-state index is 12.8. The highest BCUT2D eigenvalue weighted by Crippen LogP contribution is 2.30. The lowest BCUT2D eigenvalue weighted by atomic mass is 10.1. The Hall–Kier alpha value is -4.63. The molecule has 2 heterocycles. The summed E-state index contributed by atoms with van der Waals surface area (Å²) in [5.74, 6) is 1.10. The summed E-state index contributed by atoms with van der Waals surface area (Å²) in [7, 11) is 1.62. The van der Waals surface area contributed by atoms with Crippen molar-refractivity contribution in [3.8, 4) is 5.75 Å². The van der Waals surface area contributed by atoms with Gasteiger partial charge in [-0.1, -0.05) is 35.9 Å². The summed E-state index contributed by atoms with van der Waals surface area (Å²) in [6.07, 6.45) is 1.71. The molecule has 5 rings (SSSR count). The Kier molecular flexibility index (Phi) is 6.87. The smallest absolute Gasteiger partial charge is 0.323 e. The molecule has 10 heteroatoms. The number of aromatic nitrogens is 2. The van der Waals surface area contributed by atoms with E-state index in [-0.39, 0.29) is 12.3 Å². The average molecular weight is 515 g/mol. The number of halogens is 1. The van der Waals surface area contributed by atoms with E-state index in [0.29, 0.717) is 40.2 Å². The third-order valence-electron chi connectivity index (χ3n) is 5.71. The highest BCUT2D eigenvalue weighted by Gasteiger charge is 2.21. The number of rotatable bonds is 6. The molecular formula is C27H23ClN6O3. The Labute approximate surface area is 218 Å². The van der Waals surface area contributed by atoms with E-state index in [1.54, 1.807) is 60.5 Å². The van der Waals surface area contributed by atoms with Crippen LogP contribution in [0.15, 0.2) is 84.0 Å². The molecule has 0 bridgehead atoms. The Balaban J connectivity index is 1.34. The Morgan fingerprint density at radius 2 is 1.81 bits per heavy atom. The monoisotopic (exact) mass is 514 g/mol. The van der Waals surface area contributed by atoms with Gasteiger partial charge in [0.2, 0.25) is 5.91 Å². The van der Waals surface area contributed by atoms with Crippen molar-refractivity contribution in [2.75, 3.05) is 23.1 Å². The highest BCUT2D eigenvalue weighted by molar-refractivity contribution is 6.30. The molecular weight excluding hydrogens is 492 g/mol. The first-order valence-electron chi connectivity index (χ1n) is 11.5. The maximum Gasteiger partial charge on any atom is 0.323 e. The number of ether oxygens (including phenoxy) is 1. The number of methoxy groups -OCH3 is 1. The zero-order valence-corrected chi connectivity index (χ0v) is 20.6. The maximum absolute atomic E-state index is 12.8. The summed E-state index contributed by atoms with van der Waals surface area (Å²) in [5, 5.41) is 13.5. The lowest BCUT2D eigenvalue weighted by molar-refractivity contribution is -0.115. The van der Waals surface area contributed by atoms with Crippen LogP contribution in [0, 0.1) is 0 Å². The molecule has 3 aromatic carbocycles. The van der Waals surface area contributed by atoms with Crippen LogP contribution in [0.4, 0.5) is 27.7 Å². The number of benzene rings is 3. The van der Waals surface area contributed by atoms with Gasteiger partial charge >= 0.3 is 6.03 Å². The first-order chi connectivity index (χ1) is 18.0. The molecule has 37 heavy (non-hydrogen) atoms. The van der Waals surface area contributed by atoms with E-state index in [2.05, 4.69) is 21.0 Å². The molecule has 0 unspecified atom stereocenters. The summed E-state index contributed by atoms with van der Waals surface area (Å²) >= 11 is 5.89. The third kappa shape index (κ3) is 5.79. The fraction of sp³-hybridized carbons (Fsp3) is 0.111. The summed E-state index contributed by atoms with van der Waals surface area (Å²) in [4.78, 5) is 29.9. The first-order valence-corrected chi connectivity index (χ1v) is 11.8. The van der Waals surface area contributed by atoms with Gasteiger partial charge < -0.3 is 20.7 Å². The third-order valence-corrected chi connectivity index (χ3v) is 5.96. The Morgan fingerprint density at radius 3 is 2.57 bits per heavy atom. The van der Waals surface area contributed by atoms with Crippen LogP contribution in [0.2, 0.25) is 5.02 Å². The highest BCUT2D eigenvalue weighted by atomic mass is 35.5. The van der Waals surface area contributed by atoms with Crippen LogP contribution >= 0.6 is 11.6 Å². The van der Waals surface area contributed by atoms with E-state index in [4.69, 9.17) is 21.3 Å². The Bertz CT molecular complexity index is 1480. The molecule has 0 radical (unpaired) electrons. The summed E-state index contributed by atoms with van der Waals surface area (Å²) in [6, 6.07) is 21.3. The molecule has 0 saturated heterocycles. The lowest BCUT2D eigenvalue weighted by Gasteiger charge is -2.10. The minimum Gasteiger partial charge on any atom is -0.497 e. The second-order valence-corrected chi connectivity index (χ2v) is 8.77. The fourth-order valence-corrected chi connectivity index (χ4v) is 4.02. The number of nitrogens with one attached hydrogen (secondary N) is 3. The predicted octanol–water partition coefficient (Wildman–Crippen LogP) is 5.70. The molecule has 9 nitrogen and oxygen atoms in total. The van der Waals surface area contributed by atoms with Gasteiger partial charge in [0.15, 0.2) is 5.82 Å². The number of hydrogen-bond donors (Lipinski definition) is 3. The van der Waals surface area contributed by atoms with Crippen molar-refractivity contribution in [3.05, 3.63) is 95.1 Å². The van der Waals surface area contributed by atoms with Gasteiger partial charge in [-0.25, -0.2) is 14.5 Å². The molecule has 1 aliphatic rings. The van der Waals surface area contributed by atoms with Gasteiger partial charge in [0.25, 0.3) is 0 Å². The van der Waals surface area contributed by atoms with Gasteiger partial charge in [-0.3, -0.25) is 4.79 Å². The fourth-order valence-electron chi connectivity index (χ4n) is 3.89. The second-order valence-electron chi connectivity index (χ2n) is 8.33. The zero-order valence-electron chi connectivity index (χ0n) is 19.9. The molecule has 0 spiro atoms. The van der Waals surface area contributed by atoms with Crippen molar-refractivity contribution >= 4 is 52.1 Å². The topological polar surface area (TPSA) is 110 Å². The largest absolute Gasteiger partial charge is 0.497 e. The van der Waals surface area contributed by atoms with E-state index in [9.17, 15) is 9.59 Å². The molecule has 0 aliphatic carbocycles. The molecule has 1 aliphatic heterocycles. The average Bonchev–Trinajstić information content (AvgIpc) is 3.16. The molecule has 1 aromatic heterocycles. The number of carbonyl (C=O) groups is 2.